The second-order valence-electron chi connectivity index (χ2n) is 2.61. The van der Waals surface area contributed by atoms with Crippen LogP contribution in [0.1, 0.15) is 0 Å². The molecule has 2 heteroatoms. The molecule has 0 amide bonds. The minimum absolute atomic E-state index is 0.933. The molecule has 0 saturated carbocycles. The standard InChI is InChI=1S/C11H7BrN/c12-10-7-4-8-13-11(10)9-5-2-1-3-6-9/h1-5,7-8H. The third-order valence-corrected chi connectivity index (χ3v) is 2.36. The van der Waals surface area contributed by atoms with Crippen molar-refractivity contribution >= 4 is 15.9 Å². The summed E-state index contributed by atoms with van der Waals surface area (Å²) < 4.78 is 0.998. The molecule has 2 aromatic rings. The summed E-state index contributed by atoms with van der Waals surface area (Å²) in [4.78, 5) is 4.27. The molecule has 1 heterocycles. The summed E-state index contributed by atoms with van der Waals surface area (Å²) in [7, 11) is 0. The summed E-state index contributed by atoms with van der Waals surface area (Å²) in [6, 6.07) is 14.8. The van der Waals surface area contributed by atoms with Crippen LogP contribution < -0.4 is 0 Å². The van der Waals surface area contributed by atoms with Gasteiger partial charge in [-0.25, -0.2) is 0 Å². The van der Waals surface area contributed by atoms with Gasteiger partial charge < -0.3 is 0 Å². The molecule has 2 rings (SSSR count). The first-order valence-corrected chi connectivity index (χ1v) is 4.75. The average molecular weight is 233 g/mol. The van der Waals surface area contributed by atoms with Crippen molar-refractivity contribution in [3.8, 4) is 11.3 Å². The van der Waals surface area contributed by atoms with Crippen LogP contribution in [0.15, 0.2) is 47.1 Å². The third-order valence-electron chi connectivity index (χ3n) is 1.72. The Morgan fingerprint density at radius 1 is 1.15 bits per heavy atom. The van der Waals surface area contributed by atoms with Crippen molar-refractivity contribution in [2.45, 2.75) is 0 Å². The fraction of sp³-hybridized carbons (Fsp3) is 0. The SMILES string of the molecule is Brc1cccnc1-c1[c]cccc1. The van der Waals surface area contributed by atoms with Crippen molar-refractivity contribution < 1.29 is 0 Å². The largest absolute Gasteiger partial charge is 0.255 e. The van der Waals surface area contributed by atoms with Gasteiger partial charge in [-0.15, -0.1) is 0 Å². The van der Waals surface area contributed by atoms with Gasteiger partial charge in [0.2, 0.25) is 0 Å². The van der Waals surface area contributed by atoms with Gasteiger partial charge in [-0.1, -0.05) is 24.3 Å². The first-order valence-electron chi connectivity index (χ1n) is 3.95. The highest BCUT2D eigenvalue weighted by Crippen LogP contribution is 2.24. The number of benzene rings is 1. The van der Waals surface area contributed by atoms with Crippen LogP contribution in [0.5, 0.6) is 0 Å². The summed E-state index contributed by atoms with van der Waals surface area (Å²) in [6.45, 7) is 0. The molecule has 0 N–H and O–H groups in total. The molecule has 0 spiro atoms. The molecule has 0 aliphatic heterocycles. The number of aromatic nitrogens is 1. The normalized spacial score (nSPS) is 9.92. The van der Waals surface area contributed by atoms with Gasteiger partial charge in [0.15, 0.2) is 0 Å². The molecule has 0 fully saturated rings. The van der Waals surface area contributed by atoms with Crippen molar-refractivity contribution in [3.63, 3.8) is 0 Å². The van der Waals surface area contributed by atoms with E-state index in [2.05, 4.69) is 27.0 Å². The van der Waals surface area contributed by atoms with Crippen molar-refractivity contribution in [2.75, 3.05) is 0 Å². The molecule has 13 heavy (non-hydrogen) atoms. The first-order chi connectivity index (χ1) is 6.38. The lowest BCUT2D eigenvalue weighted by atomic mass is 10.1. The molecule has 0 unspecified atom stereocenters. The fourth-order valence-electron chi connectivity index (χ4n) is 1.12. The highest BCUT2D eigenvalue weighted by Gasteiger charge is 2.01. The van der Waals surface area contributed by atoms with Crippen LogP contribution in [-0.2, 0) is 0 Å². The van der Waals surface area contributed by atoms with Crippen LogP contribution in [0.25, 0.3) is 11.3 Å². The molecule has 0 aliphatic carbocycles. The summed E-state index contributed by atoms with van der Waals surface area (Å²) in [5.74, 6) is 0. The molecule has 1 aromatic heterocycles. The van der Waals surface area contributed by atoms with Gasteiger partial charge in [0, 0.05) is 16.2 Å². The zero-order valence-electron chi connectivity index (χ0n) is 6.87. The molecule has 0 bridgehead atoms. The van der Waals surface area contributed by atoms with Gasteiger partial charge >= 0.3 is 0 Å². The average Bonchev–Trinajstić information content (AvgIpc) is 2.20. The van der Waals surface area contributed by atoms with E-state index in [9.17, 15) is 0 Å². The minimum Gasteiger partial charge on any atom is -0.255 e. The molecule has 1 radical (unpaired) electrons. The third kappa shape index (κ3) is 1.78. The molecule has 63 valence electrons. The Kier molecular flexibility index (Phi) is 2.41. The van der Waals surface area contributed by atoms with Crippen LogP contribution >= 0.6 is 15.9 Å². The Morgan fingerprint density at radius 2 is 2.08 bits per heavy atom. The van der Waals surface area contributed by atoms with Gasteiger partial charge in [0.05, 0.1) is 5.69 Å². The quantitative estimate of drug-likeness (QED) is 0.736. The van der Waals surface area contributed by atoms with E-state index in [0.29, 0.717) is 0 Å². The van der Waals surface area contributed by atoms with Crippen molar-refractivity contribution in [2.24, 2.45) is 0 Å². The molecule has 0 aliphatic rings. The molecular formula is C11H7BrN. The number of halogens is 1. The van der Waals surface area contributed by atoms with Gasteiger partial charge in [-0.05, 0) is 34.1 Å². The summed E-state index contributed by atoms with van der Waals surface area (Å²) >= 11 is 3.45. The van der Waals surface area contributed by atoms with E-state index >= 15 is 0 Å². The Hall–Kier alpha value is -1.15. The van der Waals surface area contributed by atoms with E-state index in [0.717, 1.165) is 15.7 Å². The lowest BCUT2D eigenvalue weighted by molar-refractivity contribution is 1.31. The Balaban J connectivity index is 2.54. The number of nitrogens with zero attached hydrogens (tertiary/aromatic N) is 1. The van der Waals surface area contributed by atoms with E-state index in [4.69, 9.17) is 0 Å². The Labute approximate surface area is 85.6 Å². The number of pyridine rings is 1. The molecule has 0 atom stereocenters. The molecular weight excluding hydrogens is 226 g/mol. The predicted molar refractivity (Wildman–Crippen MR) is 56.2 cm³/mol. The van der Waals surface area contributed by atoms with Crippen LogP contribution in [-0.4, -0.2) is 4.98 Å². The molecule has 1 aromatic carbocycles. The fourth-order valence-corrected chi connectivity index (χ4v) is 1.59. The second-order valence-corrected chi connectivity index (χ2v) is 3.46. The van der Waals surface area contributed by atoms with Crippen LogP contribution in [0.3, 0.4) is 0 Å². The summed E-state index contributed by atoms with van der Waals surface area (Å²) in [5, 5.41) is 0. The van der Waals surface area contributed by atoms with Crippen LogP contribution in [0, 0.1) is 6.07 Å². The Bertz CT molecular complexity index is 398. The summed E-state index contributed by atoms with van der Waals surface area (Å²) in [5.41, 5.74) is 1.94. The lowest BCUT2D eigenvalue weighted by Gasteiger charge is -2.01. The van der Waals surface area contributed by atoms with Crippen molar-refractivity contribution in [1.29, 1.82) is 0 Å². The summed E-state index contributed by atoms with van der Waals surface area (Å²) in [6.07, 6.45) is 1.78. The predicted octanol–water partition coefficient (Wildman–Crippen LogP) is 3.31. The topological polar surface area (TPSA) is 12.9 Å². The highest BCUT2D eigenvalue weighted by molar-refractivity contribution is 9.10. The number of hydrogen-bond donors (Lipinski definition) is 0. The van der Waals surface area contributed by atoms with Crippen LogP contribution in [0.4, 0.5) is 0 Å². The lowest BCUT2D eigenvalue weighted by Crippen LogP contribution is -1.83. The number of hydrogen-bond acceptors (Lipinski definition) is 1. The zero-order valence-corrected chi connectivity index (χ0v) is 8.45. The van der Waals surface area contributed by atoms with E-state index < -0.39 is 0 Å². The second kappa shape index (κ2) is 3.71. The molecule has 0 saturated heterocycles. The van der Waals surface area contributed by atoms with Crippen molar-refractivity contribution in [1.82, 2.24) is 4.98 Å². The number of rotatable bonds is 1. The van der Waals surface area contributed by atoms with E-state index in [1.807, 2.05) is 36.4 Å². The van der Waals surface area contributed by atoms with Gasteiger partial charge in [0.25, 0.3) is 0 Å². The monoisotopic (exact) mass is 232 g/mol. The van der Waals surface area contributed by atoms with Gasteiger partial charge in [0.1, 0.15) is 0 Å². The van der Waals surface area contributed by atoms with Gasteiger partial charge in [-0.2, -0.15) is 0 Å². The maximum atomic E-state index is 4.27. The van der Waals surface area contributed by atoms with E-state index in [1.165, 1.54) is 0 Å². The first kappa shape index (κ1) is 8.45. The maximum absolute atomic E-state index is 4.27. The van der Waals surface area contributed by atoms with E-state index in [1.54, 1.807) is 6.20 Å². The highest BCUT2D eigenvalue weighted by atomic mass is 79.9. The van der Waals surface area contributed by atoms with Crippen molar-refractivity contribution in [3.05, 3.63) is 53.1 Å². The van der Waals surface area contributed by atoms with E-state index in [-0.39, 0.29) is 0 Å². The Morgan fingerprint density at radius 3 is 2.77 bits per heavy atom. The maximum Gasteiger partial charge on any atom is 0.0850 e. The van der Waals surface area contributed by atoms with Gasteiger partial charge in [-0.3, -0.25) is 4.98 Å². The minimum atomic E-state index is 0.933. The zero-order chi connectivity index (χ0) is 9.10. The molecule has 1 nitrogen and oxygen atoms in total. The van der Waals surface area contributed by atoms with Crippen LogP contribution in [0.2, 0.25) is 0 Å². The smallest absolute Gasteiger partial charge is 0.0850 e.